The van der Waals surface area contributed by atoms with Gasteiger partial charge in [-0.2, -0.15) is 0 Å². The fourth-order valence-electron chi connectivity index (χ4n) is 1.18. The standard InChI is InChI=1S/C11H12ClN3O4/c1-5(9(16)15-11(14)18)19-10(17)6-2-3-7(12)8(13)4-6/h2-5H,13H2,1H3,(H3,14,15,16,18)/t5-/m1/s1. The summed E-state index contributed by atoms with van der Waals surface area (Å²) in [5, 5.41) is 2.10. The Morgan fingerprint density at radius 1 is 1.37 bits per heavy atom. The Balaban J connectivity index is 2.71. The van der Waals surface area contributed by atoms with Gasteiger partial charge in [0.25, 0.3) is 5.91 Å². The largest absolute Gasteiger partial charge is 0.449 e. The lowest BCUT2D eigenvalue weighted by Crippen LogP contribution is -2.42. The number of imide groups is 1. The zero-order valence-electron chi connectivity index (χ0n) is 9.98. The first-order valence-electron chi connectivity index (χ1n) is 5.17. The van der Waals surface area contributed by atoms with Gasteiger partial charge in [0.05, 0.1) is 16.3 Å². The monoisotopic (exact) mass is 285 g/mol. The highest BCUT2D eigenvalue weighted by Gasteiger charge is 2.20. The number of nitrogens with two attached hydrogens (primary N) is 2. The third-order valence-corrected chi connectivity index (χ3v) is 2.48. The molecule has 0 aromatic heterocycles. The molecule has 0 spiro atoms. The smallest absolute Gasteiger partial charge is 0.338 e. The van der Waals surface area contributed by atoms with Crippen molar-refractivity contribution in [1.82, 2.24) is 5.32 Å². The predicted octanol–water partition coefficient (Wildman–Crippen LogP) is 0.662. The van der Waals surface area contributed by atoms with Crippen molar-refractivity contribution in [3.8, 4) is 0 Å². The maximum Gasteiger partial charge on any atom is 0.338 e. The summed E-state index contributed by atoms with van der Waals surface area (Å²) < 4.78 is 4.84. The molecule has 7 nitrogen and oxygen atoms in total. The average molecular weight is 286 g/mol. The molecule has 1 rings (SSSR count). The van der Waals surface area contributed by atoms with Crippen LogP contribution in [0.1, 0.15) is 17.3 Å². The summed E-state index contributed by atoms with van der Waals surface area (Å²) in [7, 11) is 0. The van der Waals surface area contributed by atoms with E-state index in [0.29, 0.717) is 5.02 Å². The molecule has 0 bridgehead atoms. The van der Waals surface area contributed by atoms with Crippen LogP contribution in [0.4, 0.5) is 10.5 Å². The van der Waals surface area contributed by atoms with Crippen LogP contribution in [0, 0.1) is 0 Å². The molecule has 0 saturated carbocycles. The van der Waals surface area contributed by atoms with Crippen molar-refractivity contribution in [2.75, 3.05) is 5.73 Å². The zero-order chi connectivity index (χ0) is 14.6. The van der Waals surface area contributed by atoms with Gasteiger partial charge in [0.15, 0.2) is 6.10 Å². The fourth-order valence-corrected chi connectivity index (χ4v) is 1.29. The first-order chi connectivity index (χ1) is 8.81. The molecule has 0 heterocycles. The lowest BCUT2D eigenvalue weighted by atomic mass is 10.2. The lowest BCUT2D eigenvalue weighted by Gasteiger charge is -2.12. The Labute approximate surface area is 113 Å². The maximum atomic E-state index is 11.7. The summed E-state index contributed by atoms with van der Waals surface area (Å²) in [4.78, 5) is 33.5. The van der Waals surface area contributed by atoms with Crippen LogP contribution in [0.3, 0.4) is 0 Å². The van der Waals surface area contributed by atoms with Crippen LogP contribution in [0.2, 0.25) is 5.02 Å². The number of esters is 1. The summed E-state index contributed by atoms with van der Waals surface area (Å²) in [6.45, 7) is 1.30. The van der Waals surface area contributed by atoms with E-state index in [1.807, 2.05) is 0 Å². The third-order valence-electron chi connectivity index (χ3n) is 2.13. The number of benzene rings is 1. The summed E-state index contributed by atoms with van der Waals surface area (Å²) in [5.74, 6) is -1.58. The summed E-state index contributed by atoms with van der Waals surface area (Å²) >= 11 is 5.71. The van der Waals surface area contributed by atoms with E-state index in [1.165, 1.54) is 25.1 Å². The van der Waals surface area contributed by atoms with Crippen molar-refractivity contribution >= 4 is 35.2 Å². The molecule has 3 amide bonds. The van der Waals surface area contributed by atoms with Crippen molar-refractivity contribution in [2.45, 2.75) is 13.0 Å². The third kappa shape index (κ3) is 4.14. The fraction of sp³-hybridized carbons (Fsp3) is 0.182. The number of halogens is 1. The van der Waals surface area contributed by atoms with Crippen molar-refractivity contribution < 1.29 is 19.1 Å². The minimum atomic E-state index is -1.17. The van der Waals surface area contributed by atoms with Crippen molar-refractivity contribution in [1.29, 1.82) is 0 Å². The van der Waals surface area contributed by atoms with Crippen LogP contribution in [-0.4, -0.2) is 24.0 Å². The zero-order valence-corrected chi connectivity index (χ0v) is 10.7. The predicted molar refractivity (Wildman–Crippen MR) is 68.5 cm³/mol. The SMILES string of the molecule is C[C@@H](OC(=O)c1ccc(Cl)c(N)c1)C(=O)NC(N)=O. The van der Waals surface area contributed by atoms with Crippen LogP contribution < -0.4 is 16.8 Å². The first-order valence-corrected chi connectivity index (χ1v) is 5.55. The molecule has 0 aliphatic rings. The maximum absolute atomic E-state index is 11.7. The molecule has 0 saturated heterocycles. The van der Waals surface area contributed by atoms with Gasteiger partial charge < -0.3 is 16.2 Å². The number of carbonyl (C=O) groups is 3. The summed E-state index contributed by atoms with van der Waals surface area (Å²) in [5.41, 5.74) is 10.7. The topological polar surface area (TPSA) is 125 Å². The van der Waals surface area contributed by atoms with E-state index < -0.39 is 24.0 Å². The summed E-state index contributed by atoms with van der Waals surface area (Å²) in [6, 6.07) is 3.13. The van der Waals surface area contributed by atoms with Gasteiger partial charge in [0.1, 0.15) is 0 Å². The molecule has 8 heteroatoms. The highest BCUT2D eigenvalue weighted by atomic mass is 35.5. The second kappa shape index (κ2) is 6.05. The number of nitrogens with one attached hydrogen (secondary N) is 1. The molecule has 0 radical (unpaired) electrons. The number of primary amides is 1. The molecule has 0 unspecified atom stereocenters. The highest BCUT2D eigenvalue weighted by molar-refractivity contribution is 6.33. The molecule has 0 aliphatic carbocycles. The lowest BCUT2D eigenvalue weighted by molar-refractivity contribution is -0.127. The van der Waals surface area contributed by atoms with Crippen molar-refractivity contribution in [2.24, 2.45) is 5.73 Å². The van der Waals surface area contributed by atoms with Gasteiger partial charge in [-0.15, -0.1) is 0 Å². The van der Waals surface area contributed by atoms with Gasteiger partial charge in [-0.25, -0.2) is 9.59 Å². The quantitative estimate of drug-likeness (QED) is 0.556. The van der Waals surface area contributed by atoms with Crippen molar-refractivity contribution in [3.05, 3.63) is 28.8 Å². The van der Waals surface area contributed by atoms with Crippen LogP contribution >= 0.6 is 11.6 Å². The van der Waals surface area contributed by atoms with Gasteiger partial charge >= 0.3 is 12.0 Å². The van der Waals surface area contributed by atoms with E-state index in [9.17, 15) is 14.4 Å². The number of urea groups is 1. The van der Waals surface area contributed by atoms with Gasteiger partial charge in [0, 0.05) is 0 Å². The summed E-state index contributed by atoms with van der Waals surface area (Å²) in [6.07, 6.45) is -1.17. The minimum Gasteiger partial charge on any atom is -0.449 e. The highest BCUT2D eigenvalue weighted by Crippen LogP contribution is 2.20. The Kier molecular flexibility index (Phi) is 4.71. The molecule has 0 fully saturated rings. The number of hydrogen-bond donors (Lipinski definition) is 3. The number of hydrogen-bond acceptors (Lipinski definition) is 5. The molecule has 0 aliphatic heterocycles. The number of amides is 3. The second-order valence-corrected chi connectivity index (χ2v) is 4.04. The second-order valence-electron chi connectivity index (χ2n) is 3.64. The van der Waals surface area contributed by atoms with E-state index in [4.69, 9.17) is 27.8 Å². The Hall–Kier alpha value is -2.28. The molecular weight excluding hydrogens is 274 g/mol. The van der Waals surface area contributed by atoms with E-state index in [0.717, 1.165) is 0 Å². The number of rotatable bonds is 3. The van der Waals surface area contributed by atoms with Crippen LogP contribution in [0.25, 0.3) is 0 Å². The van der Waals surface area contributed by atoms with E-state index >= 15 is 0 Å². The van der Waals surface area contributed by atoms with Gasteiger partial charge in [-0.05, 0) is 25.1 Å². The minimum absolute atomic E-state index is 0.139. The molecule has 1 atom stereocenters. The molecule has 1 aromatic rings. The molecule has 102 valence electrons. The molecular formula is C11H12ClN3O4. The number of ether oxygens (including phenoxy) is 1. The van der Waals surface area contributed by atoms with Gasteiger partial charge in [-0.3, -0.25) is 10.1 Å². The van der Waals surface area contributed by atoms with Gasteiger partial charge in [0.2, 0.25) is 0 Å². The van der Waals surface area contributed by atoms with E-state index in [1.54, 1.807) is 5.32 Å². The molecule has 1 aromatic carbocycles. The Morgan fingerprint density at radius 2 is 2.00 bits per heavy atom. The van der Waals surface area contributed by atoms with Gasteiger partial charge in [-0.1, -0.05) is 11.6 Å². The number of nitrogen functional groups attached to an aromatic ring is 1. The first kappa shape index (κ1) is 14.8. The van der Waals surface area contributed by atoms with Crippen LogP contribution in [-0.2, 0) is 9.53 Å². The Bertz CT molecular complexity index is 533. The normalized spacial score (nSPS) is 11.5. The average Bonchev–Trinajstić information content (AvgIpc) is 2.31. The Morgan fingerprint density at radius 3 is 2.53 bits per heavy atom. The number of anilines is 1. The van der Waals surface area contributed by atoms with Crippen molar-refractivity contribution in [3.63, 3.8) is 0 Å². The van der Waals surface area contributed by atoms with E-state index in [2.05, 4.69) is 0 Å². The van der Waals surface area contributed by atoms with Crippen LogP contribution in [0.15, 0.2) is 18.2 Å². The van der Waals surface area contributed by atoms with Crippen LogP contribution in [0.5, 0.6) is 0 Å². The van der Waals surface area contributed by atoms with E-state index in [-0.39, 0.29) is 11.3 Å². The molecule has 19 heavy (non-hydrogen) atoms. The molecule has 5 N–H and O–H groups in total. The number of carbonyl (C=O) groups excluding carboxylic acids is 3.